The quantitative estimate of drug-likeness (QED) is 0.176. The Balaban J connectivity index is 8.69. The summed E-state index contributed by atoms with van der Waals surface area (Å²) in [5.41, 5.74) is 0. The lowest BCUT2D eigenvalue weighted by Gasteiger charge is -2.74. The lowest BCUT2D eigenvalue weighted by molar-refractivity contribution is 1.73. The van der Waals surface area contributed by atoms with Gasteiger partial charge in [-0.3, -0.25) is 0 Å². The zero-order chi connectivity index (χ0) is 27.0. The van der Waals surface area contributed by atoms with E-state index in [4.69, 9.17) is 0 Å². The highest BCUT2D eigenvalue weighted by Gasteiger charge is 2.83. The van der Waals surface area contributed by atoms with E-state index in [0.29, 0.717) is 0 Å². The van der Waals surface area contributed by atoms with Crippen molar-refractivity contribution in [2.75, 3.05) is 0 Å². The predicted molar refractivity (Wildman–Crippen MR) is 187 cm³/mol. The monoisotopic (exact) mass is 630 g/mol. The van der Waals surface area contributed by atoms with Crippen LogP contribution in [-0.4, -0.2) is 71.4 Å². The molecular formula is C21H63ClSi10. The first-order valence-corrected chi connectivity index (χ1v) is 53.5. The summed E-state index contributed by atoms with van der Waals surface area (Å²) in [6.07, 6.45) is 0. The van der Waals surface area contributed by atoms with Crippen molar-refractivity contribution in [2.24, 2.45) is 0 Å². The number of hydrogen-bond acceptors (Lipinski definition) is 0. The molecule has 0 atom stereocenters. The van der Waals surface area contributed by atoms with Gasteiger partial charge in [0.1, 0.15) is 5.94 Å². The van der Waals surface area contributed by atoms with Crippen LogP contribution in [0.3, 0.4) is 0 Å². The van der Waals surface area contributed by atoms with Crippen LogP contribution < -0.4 is 0 Å². The van der Waals surface area contributed by atoms with Gasteiger partial charge in [0.25, 0.3) is 0 Å². The van der Waals surface area contributed by atoms with E-state index in [1.165, 1.54) is 0 Å². The van der Waals surface area contributed by atoms with Crippen molar-refractivity contribution in [3.8, 4) is 0 Å². The van der Waals surface area contributed by atoms with Crippen molar-refractivity contribution in [3.05, 3.63) is 0 Å². The summed E-state index contributed by atoms with van der Waals surface area (Å²) in [5.74, 6) is -2.06. The topological polar surface area (TPSA) is 0 Å². The summed E-state index contributed by atoms with van der Waals surface area (Å²) in [4.78, 5) is 0. The van der Waals surface area contributed by atoms with Crippen molar-refractivity contribution < 1.29 is 0 Å². The maximum absolute atomic E-state index is 9.30. The summed E-state index contributed by atoms with van der Waals surface area (Å²) < 4.78 is 0. The minimum absolute atomic E-state index is 1.43. The molecule has 0 aromatic rings. The lowest BCUT2D eigenvalue weighted by Crippen LogP contribution is -3.06. The van der Waals surface area contributed by atoms with Crippen molar-refractivity contribution in [1.29, 1.82) is 0 Å². The maximum atomic E-state index is 9.30. The second kappa shape index (κ2) is 9.04. The van der Waals surface area contributed by atoms with Gasteiger partial charge >= 0.3 is 0 Å². The fourth-order valence-corrected chi connectivity index (χ4v) is 504. The van der Waals surface area contributed by atoms with Crippen LogP contribution in [0.25, 0.3) is 0 Å². The van der Waals surface area contributed by atoms with Crippen molar-refractivity contribution in [1.82, 2.24) is 0 Å². The molecule has 0 fully saturated rings. The molecule has 0 nitrogen and oxygen atoms in total. The van der Waals surface area contributed by atoms with Crippen molar-refractivity contribution in [2.45, 2.75) is 137 Å². The van der Waals surface area contributed by atoms with Gasteiger partial charge in [0.2, 0.25) is 0 Å². The molecule has 32 heavy (non-hydrogen) atoms. The van der Waals surface area contributed by atoms with Gasteiger partial charge in [0, 0.05) is 65.4 Å². The average Bonchev–Trinajstić information content (AvgIpc) is 2.44. The molecule has 0 aromatic carbocycles. The highest BCUT2D eigenvalue weighted by Crippen LogP contribution is 2.56. The Bertz CT molecular complexity index is 543. The highest BCUT2D eigenvalue weighted by atomic mass is 35.6. The van der Waals surface area contributed by atoms with Crippen LogP contribution in [0.1, 0.15) is 0 Å². The number of rotatable bonds is 9. The summed E-state index contributed by atoms with van der Waals surface area (Å²) in [7, 11) is -8.57. The molecule has 0 bridgehead atoms. The van der Waals surface area contributed by atoms with Gasteiger partial charge < -0.3 is 0 Å². The van der Waals surface area contributed by atoms with E-state index in [2.05, 4.69) is 137 Å². The highest BCUT2D eigenvalue weighted by molar-refractivity contribution is 8.32. The fraction of sp³-hybridized carbons (Fsp3) is 1.00. The fourth-order valence-electron chi connectivity index (χ4n) is 7.98. The summed E-state index contributed by atoms with van der Waals surface area (Å²) in [5, 5.41) is 0. The van der Waals surface area contributed by atoms with E-state index in [1.54, 1.807) is 0 Å². The molecule has 0 spiro atoms. The van der Waals surface area contributed by atoms with Crippen LogP contribution >= 0.6 is 11.1 Å². The molecule has 0 aliphatic carbocycles. The summed E-state index contributed by atoms with van der Waals surface area (Å²) in [6, 6.07) is 0. The molecule has 0 unspecified atom stereocenters. The first-order valence-electron chi connectivity index (χ1n) is 12.9. The first-order chi connectivity index (χ1) is 13.2. The van der Waals surface area contributed by atoms with Crippen LogP contribution in [0.15, 0.2) is 0 Å². The first kappa shape index (κ1) is 34.5. The van der Waals surface area contributed by atoms with Crippen molar-refractivity contribution >= 4 is 82.4 Å². The molecule has 0 aliphatic rings. The van der Waals surface area contributed by atoms with Crippen LogP contribution in [-0.2, 0) is 0 Å². The molecular weight excluding hydrogens is 569 g/mol. The normalized spacial score (nSPS) is 17.1. The van der Waals surface area contributed by atoms with E-state index < -0.39 is 71.4 Å². The van der Waals surface area contributed by atoms with E-state index in [9.17, 15) is 11.1 Å². The van der Waals surface area contributed by atoms with Crippen LogP contribution in [0, 0.1) is 0 Å². The van der Waals surface area contributed by atoms with Gasteiger partial charge in [-0.25, -0.2) is 0 Å². The molecule has 0 rings (SSSR count). The van der Waals surface area contributed by atoms with Gasteiger partial charge in [-0.2, -0.15) is 11.1 Å². The van der Waals surface area contributed by atoms with Crippen LogP contribution in [0.4, 0.5) is 0 Å². The van der Waals surface area contributed by atoms with Gasteiger partial charge in [0.05, 0.1) is 0 Å². The molecule has 0 heterocycles. The molecule has 0 saturated carbocycles. The lowest BCUT2D eigenvalue weighted by atomic mass is 11.8. The maximum Gasteiger partial charge on any atom is 0.117 e. The van der Waals surface area contributed by atoms with Crippen molar-refractivity contribution in [3.63, 3.8) is 0 Å². The Labute approximate surface area is 218 Å². The predicted octanol–water partition coefficient (Wildman–Crippen LogP) is 9.14. The van der Waals surface area contributed by atoms with Gasteiger partial charge in [-0.15, -0.1) is 0 Å². The Morgan fingerprint density at radius 2 is 0.344 bits per heavy atom. The largest absolute Gasteiger partial charge is 0.179 e. The molecule has 11 heteroatoms. The van der Waals surface area contributed by atoms with Gasteiger partial charge in [-0.05, 0) is 0 Å². The molecule has 0 aliphatic heterocycles. The second-order valence-corrected chi connectivity index (χ2v) is 136. The number of halogens is 1. The van der Waals surface area contributed by atoms with Crippen LogP contribution in [0.5, 0.6) is 0 Å². The summed E-state index contributed by atoms with van der Waals surface area (Å²) in [6.45, 7) is 54.4. The van der Waals surface area contributed by atoms with Crippen LogP contribution in [0.2, 0.25) is 137 Å². The average molecular weight is 632 g/mol. The molecule has 0 N–H and O–H groups in total. The minimum atomic E-state index is -2.06. The molecule has 194 valence electrons. The molecule has 0 amide bonds. The zero-order valence-electron chi connectivity index (χ0n) is 26.4. The Morgan fingerprint density at radius 3 is 0.406 bits per heavy atom. The third-order valence-corrected chi connectivity index (χ3v) is 274. The van der Waals surface area contributed by atoms with E-state index in [0.717, 1.165) is 0 Å². The Hall–Kier alpha value is 2.46. The van der Waals surface area contributed by atoms with E-state index in [1.807, 2.05) is 0 Å². The standard InChI is InChI=1S/C21H63ClSi10/c1-23(2,3)29(19,24(4,5)6)32(22,30(20,25(7,8)9)26(10,11)12)31(21,27(13,14)15)28(16,17)18/h1-21H3. The van der Waals surface area contributed by atoms with E-state index in [-0.39, 0.29) is 0 Å². The Kier molecular flexibility index (Phi) is 9.73. The smallest absolute Gasteiger partial charge is 0.117 e. The molecule has 0 radical (unpaired) electrons. The SMILES string of the molecule is C[Si](C)(C)[Si](C)([Si](C)(C)C)[Si](Cl)([Si](C)([Si](C)(C)C)[Si](C)(C)C)[Si](C)([Si](C)(C)C)[Si](C)(C)C. The summed E-state index contributed by atoms with van der Waals surface area (Å²) >= 11 is 9.30. The number of hydrogen-bond donors (Lipinski definition) is 0. The third-order valence-electron chi connectivity index (χ3n) is 11.1. The third kappa shape index (κ3) is 4.61. The molecule has 0 saturated heterocycles. The Morgan fingerprint density at radius 1 is 0.250 bits per heavy atom. The van der Waals surface area contributed by atoms with Gasteiger partial charge in [0.15, 0.2) is 0 Å². The second-order valence-electron chi connectivity index (χ2n) is 17.5. The van der Waals surface area contributed by atoms with E-state index >= 15 is 0 Å². The minimum Gasteiger partial charge on any atom is -0.179 e. The zero-order valence-corrected chi connectivity index (χ0v) is 37.1. The van der Waals surface area contributed by atoms with Gasteiger partial charge in [-0.1, -0.05) is 137 Å². The molecule has 0 aromatic heterocycles.